The first-order valence-corrected chi connectivity index (χ1v) is 7.53. The zero-order chi connectivity index (χ0) is 14.6. The molecule has 0 aliphatic carbocycles. The van der Waals surface area contributed by atoms with Crippen LogP contribution in [0.15, 0.2) is 30.3 Å². The van der Waals surface area contributed by atoms with E-state index in [0.29, 0.717) is 19.0 Å². The number of aldehydes is 1. The van der Waals surface area contributed by atoms with Crippen LogP contribution in [-0.4, -0.2) is 42.2 Å². The minimum absolute atomic E-state index is 0.300. The predicted molar refractivity (Wildman–Crippen MR) is 79.2 cm³/mol. The van der Waals surface area contributed by atoms with Crippen molar-refractivity contribution >= 4 is 24.1 Å². The number of ether oxygens (including phenoxy) is 1. The Hall–Kier alpha value is -1.53. The first-order valence-electron chi connectivity index (χ1n) is 6.37. The van der Waals surface area contributed by atoms with Crippen LogP contribution in [0.25, 0.3) is 0 Å². The zero-order valence-corrected chi connectivity index (χ0v) is 12.0. The molecule has 1 amide bonds. The summed E-state index contributed by atoms with van der Waals surface area (Å²) in [5, 5.41) is 11.3. The highest BCUT2D eigenvalue weighted by Crippen LogP contribution is 2.13. The van der Waals surface area contributed by atoms with E-state index in [4.69, 9.17) is 9.84 Å². The lowest BCUT2D eigenvalue weighted by Crippen LogP contribution is -2.30. The summed E-state index contributed by atoms with van der Waals surface area (Å²) in [6, 6.07) is 8.97. The second-order valence-electron chi connectivity index (χ2n) is 4.08. The molecule has 1 aromatic carbocycles. The van der Waals surface area contributed by atoms with Crippen molar-refractivity contribution in [2.45, 2.75) is 12.5 Å². The third-order valence-corrected chi connectivity index (χ3v) is 3.50. The Morgan fingerprint density at radius 1 is 1.40 bits per heavy atom. The van der Waals surface area contributed by atoms with Crippen molar-refractivity contribution in [1.29, 1.82) is 0 Å². The molecule has 0 saturated carbocycles. The molecule has 0 aromatic heterocycles. The summed E-state index contributed by atoms with van der Waals surface area (Å²) in [6.45, 7) is 0.852. The molecule has 0 bridgehead atoms. The summed E-state index contributed by atoms with van der Waals surface area (Å²) in [5.41, 5.74) is 0.880. The molecule has 0 saturated heterocycles. The van der Waals surface area contributed by atoms with Gasteiger partial charge >= 0.3 is 6.09 Å². The molecule has 1 atom stereocenters. The number of hydrogen-bond donors (Lipinski definition) is 2. The highest BCUT2D eigenvalue weighted by molar-refractivity contribution is 7.99. The van der Waals surface area contributed by atoms with Crippen LogP contribution >= 0.6 is 11.8 Å². The minimum atomic E-state index is -1.07. The maximum absolute atomic E-state index is 10.8. The van der Waals surface area contributed by atoms with Gasteiger partial charge in [0, 0.05) is 12.4 Å². The van der Waals surface area contributed by atoms with Gasteiger partial charge in [0.2, 0.25) is 0 Å². The SMILES string of the molecule is O=CCSCCCOC[C@@H](NC(=O)O)c1ccccc1. The molecule has 5 nitrogen and oxygen atoms in total. The Labute approximate surface area is 122 Å². The van der Waals surface area contributed by atoms with E-state index in [0.717, 1.165) is 24.0 Å². The summed E-state index contributed by atoms with van der Waals surface area (Å²) in [6.07, 6.45) is 0.657. The molecular formula is C14H19NO4S. The second-order valence-corrected chi connectivity index (χ2v) is 5.23. The van der Waals surface area contributed by atoms with E-state index in [2.05, 4.69) is 5.32 Å². The predicted octanol–water partition coefficient (Wildman–Crippen LogP) is 2.33. The van der Waals surface area contributed by atoms with Gasteiger partial charge in [0.25, 0.3) is 0 Å². The number of rotatable bonds is 10. The van der Waals surface area contributed by atoms with Crippen LogP contribution < -0.4 is 5.32 Å². The van der Waals surface area contributed by atoms with E-state index in [1.807, 2.05) is 30.3 Å². The fourth-order valence-corrected chi connectivity index (χ4v) is 2.24. The summed E-state index contributed by atoms with van der Waals surface area (Å²) in [7, 11) is 0. The number of carboxylic acid groups (broad SMARTS) is 1. The minimum Gasteiger partial charge on any atom is -0.465 e. The van der Waals surface area contributed by atoms with E-state index in [1.165, 1.54) is 0 Å². The maximum Gasteiger partial charge on any atom is 0.405 e. The van der Waals surface area contributed by atoms with E-state index in [-0.39, 0.29) is 6.04 Å². The number of carbonyl (C=O) groups is 2. The van der Waals surface area contributed by atoms with Crippen LogP contribution in [0.5, 0.6) is 0 Å². The topological polar surface area (TPSA) is 75.6 Å². The number of benzene rings is 1. The molecule has 0 heterocycles. The van der Waals surface area contributed by atoms with Crippen molar-refractivity contribution in [3.63, 3.8) is 0 Å². The van der Waals surface area contributed by atoms with E-state index in [9.17, 15) is 9.59 Å². The lowest BCUT2D eigenvalue weighted by atomic mass is 10.1. The van der Waals surface area contributed by atoms with Gasteiger partial charge in [0.15, 0.2) is 0 Å². The third-order valence-electron chi connectivity index (χ3n) is 2.55. The van der Waals surface area contributed by atoms with Crippen molar-refractivity contribution in [2.75, 3.05) is 24.7 Å². The molecule has 0 spiro atoms. The quantitative estimate of drug-likeness (QED) is 0.512. The second kappa shape index (κ2) is 10.3. The third kappa shape index (κ3) is 7.16. The molecular weight excluding hydrogens is 278 g/mol. The van der Waals surface area contributed by atoms with Gasteiger partial charge in [-0.2, -0.15) is 11.8 Å². The van der Waals surface area contributed by atoms with Gasteiger partial charge in [-0.05, 0) is 17.7 Å². The van der Waals surface area contributed by atoms with Gasteiger partial charge in [-0.15, -0.1) is 0 Å². The van der Waals surface area contributed by atoms with Gasteiger partial charge in [-0.25, -0.2) is 4.79 Å². The maximum atomic E-state index is 10.8. The number of nitrogens with one attached hydrogen (secondary N) is 1. The van der Waals surface area contributed by atoms with E-state index in [1.54, 1.807) is 11.8 Å². The first-order chi connectivity index (χ1) is 9.74. The van der Waals surface area contributed by atoms with Crippen molar-refractivity contribution in [3.05, 3.63) is 35.9 Å². The monoisotopic (exact) mass is 297 g/mol. The summed E-state index contributed by atoms with van der Waals surface area (Å²) >= 11 is 1.56. The summed E-state index contributed by atoms with van der Waals surface area (Å²) in [5.74, 6) is 1.37. The van der Waals surface area contributed by atoms with Gasteiger partial charge in [-0.3, -0.25) is 0 Å². The Morgan fingerprint density at radius 3 is 2.80 bits per heavy atom. The molecule has 1 aromatic rings. The van der Waals surface area contributed by atoms with Gasteiger partial charge in [0.05, 0.1) is 12.6 Å². The summed E-state index contributed by atoms with van der Waals surface area (Å²) < 4.78 is 5.50. The fourth-order valence-electron chi connectivity index (χ4n) is 1.65. The Bertz CT molecular complexity index is 399. The highest BCUT2D eigenvalue weighted by Gasteiger charge is 2.13. The van der Waals surface area contributed by atoms with Crippen LogP contribution in [0.1, 0.15) is 18.0 Å². The fraction of sp³-hybridized carbons (Fsp3) is 0.429. The lowest BCUT2D eigenvalue weighted by molar-refractivity contribution is -0.105. The van der Waals surface area contributed by atoms with Crippen LogP contribution in [0.3, 0.4) is 0 Å². The van der Waals surface area contributed by atoms with Crippen molar-refractivity contribution < 1.29 is 19.4 Å². The van der Waals surface area contributed by atoms with Crippen molar-refractivity contribution in [1.82, 2.24) is 5.32 Å². The normalized spacial score (nSPS) is 11.8. The van der Waals surface area contributed by atoms with Crippen LogP contribution in [-0.2, 0) is 9.53 Å². The summed E-state index contributed by atoms with van der Waals surface area (Å²) in [4.78, 5) is 20.9. The Morgan fingerprint density at radius 2 is 2.15 bits per heavy atom. The van der Waals surface area contributed by atoms with Gasteiger partial charge in [0.1, 0.15) is 6.29 Å². The largest absolute Gasteiger partial charge is 0.465 e. The molecule has 110 valence electrons. The number of thioether (sulfide) groups is 1. The standard InChI is InChI=1S/C14H19NO4S/c16-7-10-20-9-4-8-19-11-13(15-14(17)18)12-5-2-1-3-6-12/h1-3,5-7,13,15H,4,8-11H2,(H,17,18)/t13-/m1/s1. The molecule has 0 aliphatic rings. The molecule has 20 heavy (non-hydrogen) atoms. The average Bonchev–Trinajstić information content (AvgIpc) is 2.45. The number of amides is 1. The van der Waals surface area contributed by atoms with Crippen LogP contribution in [0, 0.1) is 0 Å². The Kier molecular flexibility index (Phi) is 8.49. The molecule has 0 radical (unpaired) electrons. The smallest absolute Gasteiger partial charge is 0.405 e. The van der Waals surface area contributed by atoms with Gasteiger partial charge < -0.3 is 20.0 Å². The van der Waals surface area contributed by atoms with Crippen molar-refractivity contribution in [3.8, 4) is 0 Å². The molecule has 2 N–H and O–H groups in total. The van der Waals surface area contributed by atoms with E-state index < -0.39 is 6.09 Å². The molecule has 0 unspecified atom stereocenters. The average molecular weight is 297 g/mol. The van der Waals surface area contributed by atoms with Crippen LogP contribution in [0.4, 0.5) is 4.79 Å². The molecule has 0 fully saturated rings. The first kappa shape index (κ1) is 16.5. The molecule has 0 aliphatic heterocycles. The van der Waals surface area contributed by atoms with Crippen molar-refractivity contribution in [2.24, 2.45) is 0 Å². The van der Waals surface area contributed by atoms with Gasteiger partial charge in [-0.1, -0.05) is 30.3 Å². The Balaban J connectivity index is 2.31. The highest BCUT2D eigenvalue weighted by atomic mass is 32.2. The van der Waals surface area contributed by atoms with Crippen LogP contribution in [0.2, 0.25) is 0 Å². The molecule has 6 heteroatoms. The number of hydrogen-bond acceptors (Lipinski definition) is 4. The number of carbonyl (C=O) groups excluding carboxylic acids is 1. The zero-order valence-electron chi connectivity index (χ0n) is 11.2. The lowest BCUT2D eigenvalue weighted by Gasteiger charge is -2.17. The molecule has 1 rings (SSSR count). The van der Waals surface area contributed by atoms with E-state index >= 15 is 0 Å².